The molecule has 0 aliphatic rings. The SMILES string of the molecule is Cc1ncc(C(F)(F)F)c(Cl)n1. The van der Waals surface area contributed by atoms with Crippen LogP contribution in [0.25, 0.3) is 0 Å². The van der Waals surface area contributed by atoms with Crippen LogP contribution in [-0.4, -0.2) is 9.97 Å². The number of aryl methyl sites for hydroxylation is 1. The zero-order valence-corrected chi connectivity index (χ0v) is 6.74. The third-order valence-electron chi connectivity index (χ3n) is 1.17. The maximum atomic E-state index is 12.0. The molecule has 6 heteroatoms. The van der Waals surface area contributed by atoms with E-state index in [0.717, 1.165) is 0 Å². The minimum absolute atomic E-state index is 0.216. The molecule has 1 rings (SSSR count). The zero-order chi connectivity index (χ0) is 9.35. The van der Waals surface area contributed by atoms with Crippen molar-refractivity contribution in [3.63, 3.8) is 0 Å². The van der Waals surface area contributed by atoms with Gasteiger partial charge in [0.25, 0.3) is 0 Å². The molecule has 0 N–H and O–H groups in total. The highest BCUT2D eigenvalue weighted by atomic mass is 35.5. The van der Waals surface area contributed by atoms with Crippen molar-refractivity contribution >= 4 is 11.6 Å². The van der Waals surface area contributed by atoms with Crippen LogP contribution in [0.3, 0.4) is 0 Å². The first-order chi connectivity index (χ1) is 5.41. The van der Waals surface area contributed by atoms with Gasteiger partial charge in [-0.3, -0.25) is 0 Å². The third kappa shape index (κ3) is 1.85. The Balaban J connectivity index is 3.19. The fourth-order valence-corrected chi connectivity index (χ4v) is 0.911. The van der Waals surface area contributed by atoms with Crippen LogP contribution in [0.15, 0.2) is 6.20 Å². The number of halogens is 4. The molecule has 0 atom stereocenters. The Morgan fingerprint density at radius 1 is 1.42 bits per heavy atom. The number of hydrogen-bond acceptors (Lipinski definition) is 2. The minimum Gasteiger partial charge on any atom is -0.241 e. The van der Waals surface area contributed by atoms with Crippen molar-refractivity contribution < 1.29 is 13.2 Å². The highest BCUT2D eigenvalue weighted by Crippen LogP contribution is 2.32. The van der Waals surface area contributed by atoms with Crippen LogP contribution >= 0.6 is 11.6 Å². The monoisotopic (exact) mass is 196 g/mol. The van der Waals surface area contributed by atoms with E-state index in [-0.39, 0.29) is 5.82 Å². The van der Waals surface area contributed by atoms with Gasteiger partial charge in [-0.2, -0.15) is 13.2 Å². The van der Waals surface area contributed by atoms with Crippen molar-refractivity contribution in [2.45, 2.75) is 13.1 Å². The molecule has 0 fully saturated rings. The lowest BCUT2D eigenvalue weighted by Gasteiger charge is -2.06. The zero-order valence-electron chi connectivity index (χ0n) is 5.98. The molecule has 1 heterocycles. The van der Waals surface area contributed by atoms with E-state index in [9.17, 15) is 13.2 Å². The molecule has 0 unspecified atom stereocenters. The molecule has 0 aliphatic carbocycles. The summed E-state index contributed by atoms with van der Waals surface area (Å²) < 4.78 is 36.0. The Kier molecular flexibility index (Phi) is 2.23. The Morgan fingerprint density at radius 3 is 2.42 bits per heavy atom. The van der Waals surface area contributed by atoms with Gasteiger partial charge in [-0.05, 0) is 6.92 Å². The highest BCUT2D eigenvalue weighted by molar-refractivity contribution is 6.30. The second kappa shape index (κ2) is 2.90. The van der Waals surface area contributed by atoms with Crippen molar-refractivity contribution in [3.05, 3.63) is 22.7 Å². The van der Waals surface area contributed by atoms with Gasteiger partial charge in [0.2, 0.25) is 0 Å². The molecular formula is C6H4ClF3N2. The Morgan fingerprint density at radius 2 is 2.00 bits per heavy atom. The van der Waals surface area contributed by atoms with E-state index in [0.29, 0.717) is 6.20 Å². The first kappa shape index (κ1) is 9.25. The van der Waals surface area contributed by atoms with E-state index in [4.69, 9.17) is 11.6 Å². The van der Waals surface area contributed by atoms with Crippen molar-refractivity contribution in [1.29, 1.82) is 0 Å². The lowest BCUT2D eigenvalue weighted by atomic mass is 10.3. The van der Waals surface area contributed by atoms with Crippen LogP contribution in [0, 0.1) is 6.92 Å². The van der Waals surface area contributed by atoms with E-state index < -0.39 is 16.9 Å². The molecule has 2 nitrogen and oxygen atoms in total. The van der Waals surface area contributed by atoms with Crippen LogP contribution in [0.5, 0.6) is 0 Å². The predicted molar refractivity (Wildman–Crippen MR) is 36.8 cm³/mol. The number of rotatable bonds is 0. The van der Waals surface area contributed by atoms with Gasteiger partial charge in [0.05, 0.1) is 0 Å². The van der Waals surface area contributed by atoms with Gasteiger partial charge in [0, 0.05) is 6.20 Å². The summed E-state index contributed by atoms with van der Waals surface area (Å²) in [4.78, 5) is 6.77. The molecular weight excluding hydrogens is 193 g/mol. The summed E-state index contributed by atoms with van der Waals surface area (Å²) in [5, 5.41) is -0.560. The molecule has 0 bridgehead atoms. The summed E-state index contributed by atoms with van der Waals surface area (Å²) in [7, 11) is 0. The number of alkyl halides is 3. The fraction of sp³-hybridized carbons (Fsp3) is 0.333. The van der Waals surface area contributed by atoms with Gasteiger partial charge in [-0.25, -0.2) is 9.97 Å². The summed E-state index contributed by atoms with van der Waals surface area (Å²) in [5.74, 6) is 0.216. The molecule has 0 saturated heterocycles. The molecule has 1 aromatic rings. The molecule has 0 spiro atoms. The first-order valence-electron chi connectivity index (χ1n) is 2.97. The van der Waals surface area contributed by atoms with Gasteiger partial charge in [-0.15, -0.1) is 0 Å². The van der Waals surface area contributed by atoms with Crippen LogP contribution in [-0.2, 0) is 6.18 Å². The number of nitrogens with zero attached hydrogens (tertiary/aromatic N) is 2. The Bertz CT molecular complexity index is 297. The quantitative estimate of drug-likeness (QED) is 0.596. The van der Waals surface area contributed by atoms with Crippen LogP contribution in [0.4, 0.5) is 13.2 Å². The van der Waals surface area contributed by atoms with E-state index >= 15 is 0 Å². The van der Waals surface area contributed by atoms with Crippen molar-refractivity contribution in [2.24, 2.45) is 0 Å². The van der Waals surface area contributed by atoms with Crippen molar-refractivity contribution in [1.82, 2.24) is 9.97 Å². The summed E-state index contributed by atoms with van der Waals surface area (Å²) in [6.07, 6.45) is -3.81. The minimum atomic E-state index is -4.48. The molecule has 12 heavy (non-hydrogen) atoms. The second-order valence-corrected chi connectivity index (χ2v) is 2.48. The fourth-order valence-electron chi connectivity index (χ4n) is 0.633. The molecule has 1 aromatic heterocycles. The van der Waals surface area contributed by atoms with Gasteiger partial charge in [0.15, 0.2) is 0 Å². The van der Waals surface area contributed by atoms with E-state index in [1.807, 2.05) is 0 Å². The highest BCUT2D eigenvalue weighted by Gasteiger charge is 2.34. The van der Waals surface area contributed by atoms with E-state index in [2.05, 4.69) is 9.97 Å². The normalized spacial score (nSPS) is 11.8. The molecule has 0 amide bonds. The number of hydrogen-bond donors (Lipinski definition) is 0. The molecule has 0 aromatic carbocycles. The lowest BCUT2D eigenvalue weighted by molar-refractivity contribution is -0.138. The summed E-state index contributed by atoms with van der Waals surface area (Å²) in [5.41, 5.74) is -1.00. The average Bonchev–Trinajstić information content (AvgIpc) is 1.83. The van der Waals surface area contributed by atoms with Crippen LogP contribution < -0.4 is 0 Å². The van der Waals surface area contributed by atoms with E-state index in [1.165, 1.54) is 6.92 Å². The Hall–Kier alpha value is -0.840. The summed E-state index contributed by atoms with van der Waals surface area (Å²) in [6, 6.07) is 0. The molecule has 0 saturated carbocycles. The van der Waals surface area contributed by atoms with Gasteiger partial charge < -0.3 is 0 Å². The summed E-state index contributed by atoms with van der Waals surface area (Å²) >= 11 is 5.24. The molecule has 0 radical (unpaired) electrons. The molecule has 66 valence electrons. The maximum Gasteiger partial charge on any atom is 0.420 e. The second-order valence-electron chi connectivity index (χ2n) is 2.12. The third-order valence-corrected chi connectivity index (χ3v) is 1.46. The molecule has 0 aliphatic heterocycles. The predicted octanol–water partition coefficient (Wildman–Crippen LogP) is 2.46. The van der Waals surface area contributed by atoms with Gasteiger partial charge in [-0.1, -0.05) is 11.6 Å². The van der Waals surface area contributed by atoms with Gasteiger partial charge in [0.1, 0.15) is 16.5 Å². The largest absolute Gasteiger partial charge is 0.420 e. The van der Waals surface area contributed by atoms with Crippen molar-refractivity contribution in [2.75, 3.05) is 0 Å². The Labute approximate surface area is 71.4 Å². The van der Waals surface area contributed by atoms with Gasteiger partial charge >= 0.3 is 6.18 Å². The standard InChI is InChI=1S/C6H4ClF3N2/c1-3-11-2-4(5(7)12-3)6(8,9)10/h2H,1H3. The number of aromatic nitrogens is 2. The topological polar surface area (TPSA) is 25.8 Å². The van der Waals surface area contributed by atoms with Crippen molar-refractivity contribution in [3.8, 4) is 0 Å². The summed E-state index contributed by atoms with van der Waals surface area (Å²) in [6.45, 7) is 1.46. The van der Waals surface area contributed by atoms with E-state index in [1.54, 1.807) is 0 Å². The average molecular weight is 197 g/mol. The first-order valence-corrected chi connectivity index (χ1v) is 3.35. The lowest BCUT2D eigenvalue weighted by Crippen LogP contribution is -2.08. The smallest absolute Gasteiger partial charge is 0.241 e. The van der Waals surface area contributed by atoms with Crippen LogP contribution in [0.2, 0.25) is 5.15 Å². The maximum absolute atomic E-state index is 12.0. The van der Waals surface area contributed by atoms with Crippen LogP contribution in [0.1, 0.15) is 11.4 Å².